The van der Waals surface area contributed by atoms with Crippen molar-refractivity contribution >= 4 is 0 Å². The molecule has 5 aliphatic rings. The van der Waals surface area contributed by atoms with Gasteiger partial charge in [-0.1, -0.05) is 350 Å². The highest BCUT2D eigenvalue weighted by Gasteiger charge is 2.59. The topological polar surface area (TPSA) is 0 Å². The fourth-order valence-electron chi connectivity index (χ4n) is 18.5. The van der Waals surface area contributed by atoms with E-state index in [9.17, 15) is 0 Å². The lowest BCUT2D eigenvalue weighted by molar-refractivity contribution is -0.100. The van der Waals surface area contributed by atoms with Crippen molar-refractivity contribution in [2.24, 2.45) is 114 Å². The smallest absolute Gasteiger partial charge is 0.0200 e. The van der Waals surface area contributed by atoms with Crippen molar-refractivity contribution < 1.29 is 0 Å². The molecule has 1 unspecified atom stereocenters. The third kappa shape index (κ3) is 25.1. The van der Waals surface area contributed by atoms with Crippen molar-refractivity contribution in [3.63, 3.8) is 0 Å². The summed E-state index contributed by atoms with van der Waals surface area (Å²) in [6, 6.07) is 0. The number of hydrogen-bond donors (Lipinski definition) is 0. The third-order valence-electron chi connectivity index (χ3n) is 25.3. The van der Waals surface area contributed by atoms with Gasteiger partial charge in [-0.3, -0.25) is 0 Å². The van der Waals surface area contributed by atoms with E-state index in [0.29, 0.717) is 108 Å². The van der Waals surface area contributed by atoms with Gasteiger partial charge in [0.05, 0.1) is 0 Å². The first-order chi connectivity index (χ1) is 36.6. The van der Waals surface area contributed by atoms with Crippen LogP contribution in [0, 0.1) is 114 Å². The molecule has 0 spiro atoms. The Morgan fingerprint density at radius 3 is 0.565 bits per heavy atom. The summed E-state index contributed by atoms with van der Waals surface area (Å²) in [4.78, 5) is 0. The van der Waals surface area contributed by atoms with E-state index in [2.05, 4.69) is 312 Å². The Bertz CT molecular complexity index is 1770. The molecule has 0 nitrogen and oxygen atoms in total. The van der Waals surface area contributed by atoms with Crippen LogP contribution in [0.3, 0.4) is 0 Å². The molecule has 0 heteroatoms. The second-order valence-corrected chi connectivity index (χ2v) is 46.1. The highest BCUT2D eigenvalue weighted by molar-refractivity contribution is 5.09. The summed E-state index contributed by atoms with van der Waals surface area (Å²) in [6.07, 6.45) is 27.0. The third-order valence-corrected chi connectivity index (χ3v) is 25.3. The zero-order chi connectivity index (χ0) is 69.0. The maximum absolute atomic E-state index is 2.43. The van der Waals surface area contributed by atoms with Crippen molar-refractivity contribution in [2.75, 3.05) is 0 Å². The van der Waals surface area contributed by atoms with Gasteiger partial charge in [-0.05, 0) is 198 Å². The first-order valence-electron chi connectivity index (χ1n) is 36.6. The minimum Gasteiger partial charge on any atom is -0.0620 e. The van der Waals surface area contributed by atoms with Gasteiger partial charge in [0, 0.05) is 0 Å². The molecule has 85 heavy (non-hydrogen) atoms. The fraction of sp³-hybridized carbons (Fsp3) is 1.00. The molecule has 0 aromatic carbocycles. The van der Waals surface area contributed by atoms with Crippen LogP contribution in [0.5, 0.6) is 0 Å². The normalized spacial score (nSPS) is 21.3. The summed E-state index contributed by atoms with van der Waals surface area (Å²) >= 11 is 0. The Kier molecular flexibility index (Phi) is 29.4. The standard InChI is InChI=1S/C14H28.C13H26.2C12H24.C12H26.C11H22.C11H24/c1-12(2,3)14(13(4,5)6)10-8-7-9-11-14;1-11(2,3)13(12(4,5)6)9-7-8-10-13;1-10(2,3)9-12(7-8-12)11(4,5)6;1-10(2,3)12(8-7-9-12)11(4,5)6;1-10(2,3)9-12(7,8)11(4,5)6;1-9(2,3)11(7-8-11)10(4,5)6;1-9(11(5,6)7)8-10(2,3)4/h7-11H2,1-6H3;7-10H2,1-6H3;2*7-9H2,1-6H3;9H2,1-8H3;7-8H2,1-6H3;9H,8H2,1-7H3. The summed E-state index contributed by atoms with van der Waals surface area (Å²) in [7, 11) is 0. The highest BCUT2D eigenvalue weighted by atomic mass is 14.6. The molecule has 514 valence electrons. The first kappa shape index (κ1) is 87.1. The van der Waals surface area contributed by atoms with E-state index >= 15 is 0 Å². The molecular formula is C85H174. The first-order valence-corrected chi connectivity index (χ1v) is 36.6. The Balaban J connectivity index is 0. The van der Waals surface area contributed by atoms with Crippen LogP contribution in [0.15, 0.2) is 0 Å². The molecule has 5 fully saturated rings. The van der Waals surface area contributed by atoms with E-state index < -0.39 is 0 Å². The van der Waals surface area contributed by atoms with E-state index in [1.807, 2.05) is 0 Å². The summed E-state index contributed by atoms with van der Waals surface area (Å²) < 4.78 is 0. The Labute approximate surface area is 544 Å². The minimum atomic E-state index is 0.403. The van der Waals surface area contributed by atoms with Gasteiger partial charge in [0.2, 0.25) is 0 Å². The van der Waals surface area contributed by atoms with Gasteiger partial charge >= 0.3 is 0 Å². The molecule has 0 amide bonds. The predicted molar refractivity (Wildman–Crippen MR) is 395 cm³/mol. The van der Waals surface area contributed by atoms with Crippen LogP contribution in [-0.2, 0) is 0 Å². The average molecular weight is 1200 g/mol. The van der Waals surface area contributed by atoms with Gasteiger partial charge in [-0.25, -0.2) is 0 Å². The molecule has 0 heterocycles. The van der Waals surface area contributed by atoms with Gasteiger partial charge < -0.3 is 0 Å². The lowest BCUT2D eigenvalue weighted by Gasteiger charge is -2.60. The summed E-state index contributed by atoms with van der Waals surface area (Å²) in [5.41, 5.74) is 10.0. The van der Waals surface area contributed by atoms with Crippen LogP contribution < -0.4 is 0 Å². The zero-order valence-electron chi connectivity index (χ0n) is 69.0. The Morgan fingerprint density at radius 2 is 0.482 bits per heavy atom. The van der Waals surface area contributed by atoms with Crippen molar-refractivity contribution in [1.82, 2.24) is 0 Å². The Hall–Kier alpha value is 0. The lowest BCUT2D eigenvalue weighted by atomic mass is 9.45. The van der Waals surface area contributed by atoms with Crippen LogP contribution in [0.1, 0.15) is 434 Å². The molecule has 5 saturated carbocycles. The van der Waals surface area contributed by atoms with Crippen LogP contribution in [0.4, 0.5) is 0 Å². The van der Waals surface area contributed by atoms with E-state index in [1.165, 1.54) is 122 Å². The van der Waals surface area contributed by atoms with Crippen LogP contribution in [-0.4, -0.2) is 0 Å². The van der Waals surface area contributed by atoms with Gasteiger partial charge in [0.1, 0.15) is 0 Å². The van der Waals surface area contributed by atoms with E-state index in [4.69, 9.17) is 0 Å². The average Bonchev–Trinajstić information content (AvgIpc) is 4.09. The molecule has 5 aliphatic carbocycles. The highest BCUT2D eigenvalue weighted by Crippen LogP contribution is 2.68. The fourth-order valence-corrected chi connectivity index (χ4v) is 18.5. The molecular weight excluding hydrogens is 1020 g/mol. The summed E-state index contributed by atoms with van der Waals surface area (Å²) in [5, 5.41) is 0. The van der Waals surface area contributed by atoms with Crippen molar-refractivity contribution in [1.29, 1.82) is 0 Å². The summed E-state index contributed by atoms with van der Waals surface area (Å²) in [5.74, 6) is 0.808. The molecule has 0 bridgehead atoms. The second kappa shape index (κ2) is 28.7. The van der Waals surface area contributed by atoms with Crippen molar-refractivity contribution in [3.8, 4) is 0 Å². The molecule has 0 aromatic heterocycles. The molecule has 0 N–H and O–H groups in total. The van der Waals surface area contributed by atoms with Gasteiger partial charge in [0.25, 0.3) is 0 Å². The van der Waals surface area contributed by atoms with Crippen molar-refractivity contribution in [3.05, 3.63) is 0 Å². The largest absolute Gasteiger partial charge is 0.0620 e. The molecule has 0 radical (unpaired) electrons. The monoisotopic (exact) mass is 1200 g/mol. The number of hydrogen-bond acceptors (Lipinski definition) is 0. The van der Waals surface area contributed by atoms with Crippen LogP contribution in [0.2, 0.25) is 0 Å². The molecule has 1 atom stereocenters. The van der Waals surface area contributed by atoms with E-state index in [-0.39, 0.29) is 0 Å². The predicted octanol–water partition coefficient (Wildman–Crippen LogP) is 30.6. The Morgan fingerprint density at radius 1 is 0.247 bits per heavy atom. The molecule has 0 aliphatic heterocycles. The molecule has 0 saturated heterocycles. The van der Waals surface area contributed by atoms with Crippen molar-refractivity contribution in [2.45, 2.75) is 434 Å². The van der Waals surface area contributed by atoms with E-state index in [0.717, 1.165) is 5.92 Å². The maximum Gasteiger partial charge on any atom is -0.0200 e. The SMILES string of the molecule is CC(C)(C)C1(C(C)(C)C)CC1.CC(C)(C)C1(C(C)(C)C)CCC1.CC(C)(C)C1(C(C)(C)C)CCCC1.CC(C)(C)C1(C(C)(C)C)CCCCC1.CC(C)(C)CC(C)(C)C(C)(C)C.CC(C)(C)CC1(C(C)(C)C)CC1.CC(CC(C)(C)C)C(C)(C)C. The van der Waals surface area contributed by atoms with Gasteiger partial charge in [-0.2, -0.15) is 0 Å². The second-order valence-electron chi connectivity index (χ2n) is 46.1. The van der Waals surface area contributed by atoms with Gasteiger partial charge in [-0.15, -0.1) is 0 Å². The van der Waals surface area contributed by atoms with Gasteiger partial charge in [0.15, 0.2) is 0 Å². The zero-order valence-corrected chi connectivity index (χ0v) is 69.0. The van der Waals surface area contributed by atoms with Crippen LogP contribution in [0.25, 0.3) is 0 Å². The minimum absolute atomic E-state index is 0.403. The number of rotatable bonds is 3. The van der Waals surface area contributed by atoms with Crippen LogP contribution >= 0.6 is 0 Å². The lowest BCUT2D eigenvalue weighted by Crippen LogP contribution is -2.51. The quantitative estimate of drug-likeness (QED) is 0.264. The molecule has 0 aromatic rings. The maximum atomic E-state index is 2.43. The van der Waals surface area contributed by atoms with E-state index in [1.54, 1.807) is 0 Å². The molecule has 5 rings (SSSR count). The summed E-state index contributed by atoms with van der Waals surface area (Å²) in [6.45, 7) is 107.